The van der Waals surface area contributed by atoms with Crippen LogP contribution in [0.25, 0.3) is 0 Å². The molecule has 6 nitrogen and oxygen atoms in total. The molecule has 0 unspecified atom stereocenters. The lowest BCUT2D eigenvalue weighted by Crippen LogP contribution is -2.55. The molecule has 7 heteroatoms. The van der Waals surface area contributed by atoms with E-state index in [1.165, 1.54) is 6.26 Å². The second-order valence-electron chi connectivity index (χ2n) is 6.38. The monoisotopic (exact) mass is 306 g/mol. The highest BCUT2D eigenvalue weighted by Crippen LogP contribution is 2.48. The molecule has 0 amide bonds. The molecule has 2 aliphatic heterocycles. The molecule has 2 heterocycles. The Labute approximate surface area is 119 Å². The molecule has 3 rings (SSSR count). The highest BCUT2D eigenvalue weighted by molar-refractivity contribution is 7.90. The van der Waals surface area contributed by atoms with Crippen LogP contribution in [0, 0.1) is 5.92 Å². The molecule has 0 aromatic rings. The van der Waals surface area contributed by atoms with Crippen molar-refractivity contribution in [3.63, 3.8) is 0 Å². The summed E-state index contributed by atoms with van der Waals surface area (Å²) in [4.78, 5) is 0. The van der Waals surface area contributed by atoms with Crippen molar-refractivity contribution in [2.75, 3.05) is 25.2 Å². The van der Waals surface area contributed by atoms with Gasteiger partial charge in [0.25, 0.3) is 0 Å². The predicted molar refractivity (Wildman–Crippen MR) is 70.9 cm³/mol. The second kappa shape index (κ2) is 4.64. The van der Waals surface area contributed by atoms with Gasteiger partial charge in [-0.2, -0.15) is 0 Å². The Bertz CT molecular complexity index is 479. The van der Waals surface area contributed by atoms with Crippen LogP contribution in [0.15, 0.2) is 0 Å². The third-order valence-corrected chi connectivity index (χ3v) is 5.18. The first-order valence-corrected chi connectivity index (χ1v) is 9.08. The number of sulfone groups is 1. The van der Waals surface area contributed by atoms with E-state index in [4.69, 9.17) is 18.9 Å². The predicted octanol–water partition coefficient (Wildman–Crippen LogP) is 0.704. The number of fused-ring (bicyclic) bond motifs is 1. The van der Waals surface area contributed by atoms with E-state index >= 15 is 0 Å². The molecular weight excluding hydrogens is 284 g/mol. The summed E-state index contributed by atoms with van der Waals surface area (Å²) in [5, 5.41) is 0. The van der Waals surface area contributed by atoms with Crippen molar-refractivity contribution in [1.82, 2.24) is 0 Å². The highest BCUT2D eigenvalue weighted by atomic mass is 32.2. The quantitative estimate of drug-likeness (QED) is 0.748. The summed E-state index contributed by atoms with van der Waals surface area (Å²) in [6.07, 6.45) is 2.25. The lowest BCUT2D eigenvalue weighted by Gasteiger charge is -2.43. The SMILES string of the molecule is CC1(C)O[C@@H]2[C@@H](CCC3(OCCO3)[C@H]2CS(C)(=O)=O)O1. The standard InChI is InChI=1S/C13H22O6S/c1-12(2)18-10-4-5-13(16-6-7-17-13)9(11(10)19-12)8-20(3,14)15/h9-11H,4-8H2,1-3H3/t9-,10+,11-/m0/s1. The lowest BCUT2D eigenvalue weighted by molar-refractivity contribution is -0.236. The van der Waals surface area contributed by atoms with Gasteiger partial charge in [-0.1, -0.05) is 0 Å². The van der Waals surface area contributed by atoms with Gasteiger partial charge in [0.1, 0.15) is 9.84 Å². The minimum absolute atomic E-state index is 0.00634. The van der Waals surface area contributed by atoms with Crippen LogP contribution in [0.3, 0.4) is 0 Å². The average Bonchev–Trinajstić information content (AvgIpc) is 2.86. The number of hydrogen-bond donors (Lipinski definition) is 0. The second-order valence-corrected chi connectivity index (χ2v) is 8.57. The van der Waals surface area contributed by atoms with Crippen LogP contribution >= 0.6 is 0 Å². The maximum atomic E-state index is 11.8. The van der Waals surface area contributed by atoms with E-state index in [0.717, 1.165) is 6.42 Å². The Morgan fingerprint density at radius 1 is 1.15 bits per heavy atom. The van der Waals surface area contributed by atoms with Crippen molar-refractivity contribution in [2.24, 2.45) is 5.92 Å². The van der Waals surface area contributed by atoms with Crippen molar-refractivity contribution in [3.8, 4) is 0 Å². The van der Waals surface area contributed by atoms with Crippen molar-refractivity contribution in [1.29, 1.82) is 0 Å². The van der Waals surface area contributed by atoms with Crippen molar-refractivity contribution in [3.05, 3.63) is 0 Å². The largest absolute Gasteiger partial charge is 0.347 e. The van der Waals surface area contributed by atoms with Crippen LogP contribution in [0.4, 0.5) is 0 Å². The van der Waals surface area contributed by atoms with Crippen LogP contribution in [0.5, 0.6) is 0 Å². The van der Waals surface area contributed by atoms with Crippen molar-refractivity contribution < 1.29 is 27.4 Å². The van der Waals surface area contributed by atoms with E-state index in [9.17, 15) is 8.42 Å². The fraction of sp³-hybridized carbons (Fsp3) is 1.00. The minimum atomic E-state index is -3.16. The number of ether oxygens (including phenoxy) is 4. The highest BCUT2D eigenvalue weighted by Gasteiger charge is 2.59. The van der Waals surface area contributed by atoms with E-state index in [2.05, 4.69) is 0 Å². The summed E-state index contributed by atoms with van der Waals surface area (Å²) in [5.41, 5.74) is 0. The molecule has 0 aromatic heterocycles. The molecule has 2 saturated heterocycles. The normalized spacial score (nSPS) is 39.0. The molecule has 3 atom stereocenters. The Kier molecular flexibility index (Phi) is 3.42. The average molecular weight is 306 g/mol. The molecule has 20 heavy (non-hydrogen) atoms. The molecule has 0 N–H and O–H groups in total. The summed E-state index contributed by atoms with van der Waals surface area (Å²) >= 11 is 0. The van der Waals surface area contributed by atoms with Gasteiger partial charge in [0.15, 0.2) is 11.6 Å². The van der Waals surface area contributed by atoms with E-state index in [1.807, 2.05) is 13.8 Å². The van der Waals surface area contributed by atoms with Gasteiger partial charge in [0.05, 0.1) is 37.1 Å². The van der Waals surface area contributed by atoms with Gasteiger partial charge in [-0.3, -0.25) is 0 Å². The number of rotatable bonds is 2. The lowest BCUT2D eigenvalue weighted by atomic mass is 9.80. The summed E-state index contributed by atoms with van der Waals surface area (Å²) in [6, 6.07) is 0. The van der Waals surface area contributed by atoms with Gasteiger partial charge in [-0.05, 0) is 20.3 Å². The first kappa shape index (κ1) is 14.7. The molecule has 3 aliphatic rings. The fourth-order valence-electron chi connectivity index (χ4n) is 3.58. The van der Waals surface area contributed by atoms with E-state index < -0.39 is 21.4 Å². The molecule has 116 valence electrons. The molecule has 3 fully saturated rings. The zero-order chi connectivity index (χ0) is 14.6. The van der Waals surface area contributed by atoms with Gasteiger partial charge in [-0.25, -0.2) is 8.42 Å². The van der Waals surface area contributed by atoms with Crippen LogP contribution in [-0.4, -0.2) is 57.4 Å². The molecule has 0 bridgehead atoms. The Balaban J connectivity index is 1.91. The van der Waals surface area contributed by atoms with E-state index in [1.54, 1.807) is 0 Å². The molecule has 0 aromatic carbocycles. The summed E-state index contributed by atoms with van der Waals surface area (Å²) in [7, 11) is -3.16. The van der Waals surface area contributed by atoms with Crippen LogP contribution in [-0.2, 0) is 28.8 Å². The third-order valence-electron chi connectivity index (χ3n) is 4.22. The summed E-state index contributed by atoms with van der Waals surface area (Å²) < 4.78 is 47.0. The topological polar surface area (TPSA) is 71.1 Å². The number of hydrogen-bond acceptors (Lipinski definition) is 6. The molecule has 1 aliphatic carbocycles. The van der Waals surface area contributed by atoms with E-state index in [0.29, 0.717) is 19.6 Å². The Morgan fingerprint density at radius 2 is 1.80 bits per heavy atom. The van der Waals surface area contributed by atoms with Gasteiger partial charge >= 0.3 is 0 Å². The maximum Gasteiger partial charge on any atom is 0.174 e. The van der Waals surface area contributed by atoms with Crippen molar-refractivity contribution >= 4 is 9.84 Å². The minimum Gasteiger partial charge on any atom is -0.347 e. The Morgan fingerprint density at radius 3 is 2.40 bits per heavy atom. The van der Waals surface area contributed by atoms with E-state index in [-0.39, 0.29) is 23.9 Å². The third kappa shape index (κ3) is 2.62. The van der Waals surface area contributed by atoms with Gasteiger partial charge < -0.3 is 18.9 Å². The van der Waals surface area contributed by atoms with Gasteiger partial charge in [0.2, 0.25) is 0 Å². The first-order valence-electron chi connectivity index (χ1n) is 7.02. The summed E-state index contributed by atoms with van der Waals surface area (Å²) in [5.74, 6) is -1.86. The van der Waals surface area contributed by atoms with Gasteiger partial charge in [0, 0.05) is 12.7 Å². The summed E-state index contributed by atoms with van der Waals surface area (Å²) in [6.45, 7) is 4.71. The van der Waals surface area contributed by atoms with Crippen molar-refractivity contribution in [2.45, 2.75) is 50.5 Å². The molecular formula is C13H22O6S. The maximum absolute atomic E-state index is 11.8. The fourth-order valence-corrected chi connectivity index (χ4v) is 4.68. The first-order chi connectivity index (χ1) is 9.21. The zero-order valence-corrected chi connectivity index (χ0v) is 12.9. The molecule has 0 radical (unpaired) electrons. The molecule has 1 spiro atoms. The van der Waals surface area contributed by atoms with Crippen LogP contribution < -0.4 is 0 Å². The van der Waals surface area contributed by atoms with Gasteiger partial charge in [-0.15, -0.1) is 0 Å². The molecule has 1 saturated carbocycles. The Hall–Kier alpha value is -0.210. The van der Waals surface area contributed by atoms with Crippen LogP contribution in [0.2, 0.25) is 0 Å². The van der Waals surface area contributed by atoms with Crippen LogP contribution in [0.1, 0.15) is 26.7 Å². The smallest absolute Gasteiger partial charge is 0.174 e. The zero-order valence-electron chi connectivity index (χ0n) is 12.1.